The minimum absolute atomic E-state index is 0.124. The van der Waals surface area contributed by atoms with Crippen LogP contribution in [0.2, 0.25) is 0 Å². The Kier molecular flexibility index (Phi) is 4.91. The molecule has 23 heavy (non-hydrogen) atoms. The van der Waals surface area contributed by atoms with Gasteiger partial charge in [0, 0.05) is 6.42 Å². The average molecular weight is 332 g/mol. The van der Waals surface area contributed by atoms with Gasteiger partial charge in [0.2, 0.25) is 5.91 Å². The molecule has 122 valence electrons. The van der Waals surface area contributed by atoms with E-state index in [1.54, 1.807) is 11.3 Å². The molecule has 6 heteroatoms. The molecule has 1 amide bonds. The van der Waals surface area contributed by atoms with Crippen molar-refractivity contribution >= 4 is 33.4 Å². The third-order valence-corrected chi connectivity index (χ3v) is 5.15. The summed E-state index contributed by atoms with van der Waals surface area (Å²) >= 11 is 1.69. The van der Waals surface area contributed by atoms with E-state index in [4.69, 9.17) is 5.11 Å². The van der Waals surface area contributed by atoms with E-state index in [1.807, 2.05) is 18.2 Å². The van der Waals surface area contributed by atoms with E-state index in [1.165, 1.54) is 4.70 Å². The Morgan fingerprint density at radius 1 is 1.30 bits per heavy atom. The highest BCUT2D eigenvalue weighted by molar-refractivity contribution is 7.18. The predicted octanol–water partition coefficient (Wildman–Crippen LogP) is 2.99. The minimum Gasteiger partial charge on any atom is -0.480 e. The number of carboxylic acid groups (broad SMARTS) is 1. The van der Waals surface area contributed by atoms with Crippen LogP contribution in [0.4, 0.5) is 0 Å². The number of aromatic nitrogens is 1. The Morgan fingerprint density at radius 3 is 2.78 bits per heavy atom. The highest BCUT2D eigenvalue weighted by atomic mass is 32.1. The number of amides is 1. The van der Waals surface area contributed by atoms with Gasteiger partial charge in [-0.3, -0.25) is 4.79 Å². The number of para-hydroxylation sites is 1. The zero-order valence-electron chi connectivity index (χ0n) is 12.8. The molecule has 2 N–H and O–H groups in total. The number of carboxylic acids is 1. The standard InChI is InChI=1S/C17H20N2O3S/c20-14(19-16(17(21)22)11-9-10-11)7-3-4-8-15-18-12-5-1-2-6-13(12)23-15/h1-2,5-6,11,16H,3-4,7-10H2,(H,19,20)(H,21,22). The molecule has 1 saturated carbocycles. The first kappa shape index (κ1) is 15.9. The highest BCUT2D eigenvalue weighted by Crippen LogP contribution is 2.32. The second kappa shape index (κ2) is 7.08. The van der Waals surface area contributed by atoms with Crippen molar-refractivity contribution in [3.05, 3.63) is 29.3 Å². The van der Waals surface area contributed by atoms with Gasteiger partial charge >= 0.3 is 5.97 Å². The van der Waals surface area contributed by atoms with Crippen LogP contribution in [0.25, 0.3) is 10.2 Å². The number of carbonyl (C=O) groups is 2. The van der Waals surface area contributed by atoms with Crippen molar-refractivity contribution in [1.82, 2.24) is 10.3 Å². The molecule has 3 rings (SSSR count). The van der Waals surface area contributed by atoms with E-state index < -0.39 is 12.0 Å². The van der Waals surface area contributed by atoms with E-state index in [0.717, 1.165) is 42.6 Å². The number of hydrogen-bond donors (Lipinski definition) is 2. The van der Waals surface area contributed by atoms with E-state index in [2.05, 4.69) is 16.4 Å². The monoisotopic (exact) mass is 332 g/mol. The third-order valence-electron chi connectivity index (χ3n) is 4.06. The Hall–Kier alpha value is -1.95. The van der Waals surface area contributed by atoms with Crippen molar-refractivity contribution in [2.45, 2.75) is 44.6 Å². The lowest BCUT2D eigenvalue weighted by Crippen LogP contribution is -2.42. The van der Waals surface area contributed by atoms with Gasteiger partial charge in [0.1, 0.15) is 6.04 Å². The maximum atomic E-state index is 11.9. The summed E-state index contributed by atoms with van der Waals surface area (Å²) in [6.45, 7) is 0. The van der Waals surface area contributed by atoms with Gasteiger partial charge in [-0.15, -0.1) is 11.3 Å². The van der Waals surface area contributed by atoms with Crippen molar-refractivity contribution in [3.63, 3.8) is 0 Å². The second-order valence-corrected chi connectivity index (χ2v) is 7.12. The molecule has 2 aromatic rings. The lowest BCUT2D eigenvalue weighted by Gasteiger charge is -2.13. The number of nitrogens with one attached hydrogen (secondary N) is 1. The number of fused-ring (bicyclic) bond motifs is 1. The summed E-state index contributed by atoms with van der Waals surface area (Å²) in [6, 6.07) is 7.36. The van der Waals surface area contributed by atoms with Gasteiger partial charge in [-0.25, -0.2) is 9.78 Å². The quantitative estimate of drug-likeness (QED) is 0.728. The number of benzene rings is 1. The molecule has 1 atom stereocenters. The minimum atomic E-state index is -0.921. The SMILES string of the molecule is O=C(CCCCc1nc2ccccc2s1)NC(C(=O)O)C1CC1. The third kappa shape index (κ3) is 4.28. The summed E-state index contributed by atoms with van der Waals surface area (Å²) in [6.07, 6.45) is 4.66. The lowest BCUT2D eigenvalue weighted by molar-refractivity contribution is -0.142. The first-order valence-electron chi connectivity index (χ1n) is 8.00. The Morgan fingerprint density at radius 2 is 2.09 bits per heavy atom. The molecule has 1 fully saturated rings. The number of thiazole rings is 1. The molecule has 1 unspecified atom stereocenters. The largest absolute Gasteiger partial charge is 0.480 e. The average Bonchev–Trinajstić information content (AvgIpc) is 3.27. The number of rotatable bonds is 8. The normalized spacial score (nSPS) is 15.5. The van der Waals surface area contributed by atoms with Crippen LogP contribution in [0.5, 0.6) is 0 Å². The summed E-state index contributed by atoms with van der Waals surface area (Å²) < 4.78 is 1.19. The van der Waals surface area contributed by atoms with Crippen molar-refractivity contribution in [2.75, 3.05) is 0 Å². The van der Waals surface area contributed by atoms with Crippen LogP contribution in [0.3, 0.4) is 0 Å². The van der Waals surface area contributed by atoms with Crippen LogP contribution >= 0.6 is 11.3 Å². The number of nitrogens with zero attached hydrogens (tertiary/aromatic N) is 1. The maximum Gasteiger partial charge on any atom is 0.326 e. The Bertz CT molecular complexity index is 676. The lowest BCUT2D eigenvalue weighted by atomic mass is 10.1. The first-order valence-corrected chi connectivity index (χ1v) is 8.82. The summed E-state index contributed by atoms with van der Waals surface area (Å²) in [5.41, 5.74) is 1.03. The fourth-order valence-electron chi connectivity index (χ4n) is 2.65. The fraction of sp³-hybridized carbons (Fsp3) is 0.471. The molecule has 0 saturated heterocycles. The zero-order valence-corrected chi connectivity index (χ0v) is 13.6. The number of unbranched alkanes of at least 4 members (excludes halogenated alkanes) is 1. The van der Waals surface area contributed by atoms with Crippen LogP contribution in [0, 0.1) is 5.92 Å². The zero-order chi connectivity index (χ0) is 16.2. The number of carbonyl (C=O) groups excluding carboxylic acids is 1. The number of hydrogen-bond acceptors (Lipinski definition) is 4. The van der Waals surface area contributed by atoms with E-state index >= 15 is 0 Å². The van der Waals surface area contributed by atoms with E-state index in [0.29, 0.717) is 6.42 Å². The van der Waals surface area contributed by atoms with E-state index in [-0.39, 0.29) is 11.8 Å². The van der Waals surface area contributed by atoms with Crippen LogP contribution in [-0.4, -0.2) is 28.0 Å². The van der Waals surface area contributed by atoms with Crippen LogP contribution in [-0.2, 0) is 16.0 Å². The molecular formula is C17H20N2O3S. The molecule has 1 heterocycles. The molecule has 1 aromatic heterocycles. The van der Waals surface area contributed by atoms with Gasteiger partial charge in [0.05, 0.1) is 15.2 Å². The smallest absolute Gasteiger partial charge is 0.326 e. The van der Waals surface area contributed by atoms with Crippen molar-refractivity contribution in [3.8, 4) is 0 Å². The van der Waals surface area contributed by atoms with Gasteiger partial charge in [-0.1, -0.05) is 12.1 Å². The van der Waals surface area contributed by atoms with E-state index in [9.17, 15) is 9.59 Å². The van der Waals surface area contributed by atoms with Gasteiger partial charge in [-0.05, 0) is 50.2 Å². The van der Waals surface area contributed by atoms with Crippen LogP contribution in [0.1, 0.15) is 37.1 Å². The molecule has 0 spiro atoms. The molecular weight excluding hydrogens is 312 g/mol. The Balaban J connectivity index is 1.40. The van der Waals surface area contributed by atoms with Crippen molar-refractivity contribution < 1.29 is 14.7 Å². The Labute approximate surface area is 138 Å². The summed E-state index contributed by atoms with van der Waals surface area (Å²) in [5.74, 6) is -0.955. The molecule has 1 aliphatic rings. The van der Waals surface area contributed by atoms with Crippen LogP contribution < -0.4 is 5.32 Å². The van der Waals surface area contributed by atoms with Crippen molar-refractivity contribution in [2.24, 2.45) is 5.92 Å². The van der Waals surface area contributed by atoms with Crippen molar-refractivity contribution in [1.29, 1.82) is 0 Å². The van der Waals surface area contributed by atoms with Gasteiger partial charge < -0.3 is 10.4 Å². The maximum absolute atomic E-state index is 11.9. The summed E-state index contributed by atoms with van der Waals surface area (Å²) in [5, 5.41) is 12.8. The molecule has 1 aromatic carbocycles. The predicted molar refractivity (Wildman–Crippen MR) is 89.5 cm³/mol. The van der Waals surface area contributed by atoms with Gasteiger partial charge in [-0.2, -0.15) is 0 Å². The van der Waals surface area contributed by atoms with Gasteiger partial charge in [0.15, 0.2) is 0 Å². The van der Waals surface area contributed by atoms with Gasteiger partial charge in [0.25, 0.3) is 0 Å². The second-order valence-electron chi connectivity index (χ2n) is 6.00. The van der Waals surface area contributed by atoms with Crippen LogP contribution in [0.15, 0.2) is 24.3 Å². The highest BCUT2D eigenvalue weighted by Gasteiger charge is 2.37. The summed E-state index contributed by atoms with van der Waals surface area (Å²) in [7, 11) is 0. The topological polar surface area (TPSA) is 79.3 Å². The number of aliphatic carboxylic acids is 1. The number of aryl methyl sites for hydroxylation is 1. The fourth-order valence-corrected chi connectivity index (χ4v) is 3.65. The first-order chi connectivity index (χ1) is 11.1. The molecule has 0 aliphatic heterocycles. The molecule has 0 bridgehead atoms. The molecule has 1 aliphatic carbocycles. The molecule has 0 radical (unpaired) electrons. The molecule has 5 nitrogen and oxygen atoms in total. The summed E-state index contributed by atoms with van der Waals surface area (Å²) in [4.78, 5) is 27.5.